The van der Waals surface area contributed by atoms with Gasteiger partial charge in [0.05, 0.1) is 0 Å². The van der Waals surface area contributed by atoms with Crippen LogP contribution in [0.15, 0.2) is 64.2 Å². The van der Waals surface area contributed by atoms with Gasteiger partial charge in [-0.2, -0.15) is 9.40 Å². The van der Waals surface area contributed by atoms with Gasteiger partial charge in [0.25, 0.3) is 10.0 Å². The number of carbonyl (C=O) groups is 1. The van der Waals surface area contributed by atoms with Crippen LogP contribution in [0.5, 0.6) is 0 Å². The first-order valence-corrected chi connectivity index (χ1v) is 10.4. The maximum Gasteiger partial charge on any atom is 0.276 e. The van der Waals surface area contributed by atoms with Crippen molar-refractivity contribution in [1.82, 2.24) is 14.5 Å². The Balaban J connectivity index is 1.39. The number of benzene rings is 1. The van der Waals surface area contributed by atoms with E-state index >= 15 is 0 Å². The monoisotopic (exact) mass is 400 g/mol. The van der Waals surface area contributed by atoms with Gasteiger partial charge in [-0.3, -0.25) is 9.89 Å². The van der Waals surface area contributed by atoms with Gasteiger partial charge in [-0.15, -0.1) is 0 Å². The molecule has 4 rings (SSSR count). The second-order valence-electron chi connectivity index (χ2n) is 6.62. The number of hydrogen-bond acceptors (Lipinski definition) is 5. The first-order valence-electron chi connectivity index (χ1n) is 9.00. The first kappa shape index (κ1) is 18.5. The molecule has 2 N–H and O–H groups in total. The highest BCUT2D eigenvalue weighted by Gasteiger charge is 2.34. The fraction of sp³-hybridized carbons (Fsp3) is 0.263. The number of anilines is 1. The number of H-pyrrole nitrogens is 1. The highest BCUT2D eigenvalue weighted by atomic mass is 32.2. The second kappa shape index (κ2) is 7.61. The number of nitrogens with zero attached hydrogens (tertiary/aromatic N) is 2. The zero-order chi connectivity index (χ0) is 19.6. The lowest BCUT2D eigenvalue weighted by molar-refractivity contribution is -0.120. The molecule has 1 aliphatic heterocycles. The Hall–Kier alpha value is -2.91. The molecule has 9 heteroatoms. The molecule has 2 aromatic heterocycles. The minimum atomic E-state index is -3.74. The van der Waals surface area contributed by atoms with Crippen molar-refractivity contribution in [3.63, 3.8) is 0 Å². The first-order chi connectivity index (χ1) is 13.5. The van der Waals surface area contributed by atoms with Crippen LogP contribution < -0.4 is 5.32 Å². The van der Waals surface area contributed by atoms with Gasteiger partial charge in [-0.25, -0.2) is 8.42 Å². The lowest BCUT2D eigenvalue weighted by Crippen LogP contribution is -2.41. The van der Waals surface area contributed by atoms with E-state index < -0.39 is 10.0 Å². The molecule has 0 bridgehead atoms. The summed E-state index contributed by atoms with van der Waals surface area (Å²) >= 11 is 0. The molecule has 1 aliphatic rings. The lowest BCUT2D eigenvalue weighted by atomic mass is 9.97. The average Bonchev–Trinajstić information content (AvgIpc) is 3.41. The number of carbonyl (C=O) groups excluding carboxylic acids is 1. The predicted octanol–water partition coefficient (Wildman–Crippen LogP) is 2.71. The topological polar surface area (TPSA) is 108 Å². The molecule has 0 spiro atoms. The number of hydrogen-bond donors (Lipinski definition) is 2. The molecule has 8 nitrogen and oxygen atoms in total. The van der Waals surface area contributed by atoms with E-state index in [4.69, 9.17) is 4.42 Å². The summed E-state index contributed by atoms with van der Waals surface area (Å²) in [6.07, 6.45) is 2.50. The van der Waals surface area contributed by atoms with Crippen molar-refractivity contribution in [2.45, 2.75) is 17.9 Å². The van der Waals surface area contributed by atoms with Crippen molar-refractivity contribution in [3.05, 3.63) is 54.7 Å². The largest absolute Gasteiger partial charge is 0.442 e. The van der Waals surface area contributed by atoms with Crippen molar-refractivity contribution >= 4 is 21.6 Å². The molecule has 0 radical (unpaired) electrons. The van der Waals surface area contributed by atoms with Crippen LogP contribution in [0.2, 0.25) is 0 Å². The van der Waals surface area contributed by atoms with Gasteiger partial charge >= 0.3 is 0 Å². The Labute approximate surface area is 162 Å². The predicted molar refractivity (Wildman–Crippen MR) is 103 cm³/mol. The van der Waals surface area contributed by atoms with Gasteiger partial charge in [0.15, 0.2) is 5.76 Å². The molecule has 1 aromatic carbocycles. The van der Waals surface area contributed by atoms with Crippen molar-refractivity contribution in [3.8, 4) is 11.5 Å². The van der Waals surface area contributed by atoms with Crippen molar-refractivity contribution < 1.29 is 17.6 Å². The molecule has 3 aromatic rings. The Morgan fingerprint density at radius 2 is 1.86 bits per heavy atom. The van der Waals surface area contributed by atoms with Crippen LogP contribution in [-0.2, 0) is 14.8 Å². The number of para-hydroxylation sites is 1. The van der Waals surface area contributed by atoms with Gasteiger partial charge < -0.3 is 9.73 Å². The Bertz CT molecular complexity index is 1040. The summed E-state index contributed by atoms with van der Waals surface area (Å²) in [5.74, 6) is 0.111. The molecular formula is C19H20N4O4S. The molecule has 0 atom stereocenters. The number of amides is 1. The van der Waals surface area contributed by atoms with E-state index in [0.717, 1.165) is 5.69 Å². The number of nitrogens with one attached hydrogen (secondary N) is 2. The molecule has 0 unspecified atom stereocenters. The summed E-state index contributed by atoms with van der Waals surface area (Å²) in [7, 11) is -3.74. The number of rotatable bonds is 5. The summed E-state index contributed by atoms with van der Waals surface area (Å²) in [4.78, 5) is 12.4. The van der Waals surface area contributed by atoms with Crippen molar-refractivity contribution in [2.24, 2.45) is 5.92 Å². The summed E-state index contributed by atoms with van der Waals surface area (Å²) in [6.45, 7) is 0.546. The minimum absolute atomic E-state index is 0.0808. The molecule has 0 aliphatic carbocycles. The lowest BCUT2D eigenvalue weighted by Gasteiger charge is -2.29. The van der Waals surface area contributed by atoms with E-state index in [-0.39, 0.29) is 30.0 Å². The van der Waals surface area contributed by atoms with Crippen molar-refractivity contribution in [2.75, 3.05) is 18.4 Å². The minimum Gasteiger partial charge on any atom is -0.442 e. The smallest absolute Gasteiger partial charge is 0.276 e. The van der Waals surface area contributed by atoms with E-state index in [1.54, 1.807) is 18.3 Å². The maximum absolute atomic E-state index is 12.8. The zero-order valence-electron chi connectivity index (χ0n) is 15.0. The number of aromatic amines is 1. The Kier molecular flexibility index (Phi) is 5.01. The van der Waals surface area contributed by atoms with Gasteiger partial charge in [-0.1, -0.05) is 18.2 Å². The van der Waals surface area contributed by atoms with Crippen LogP contribution in [0, 0.1) is 5.92 Å². The Morgan fingerprint density at radius 3 is 2.54 bits per heavy atom. The van der Waals surface area contributed by atoms with E-state index in [0.29, 0.717) is 24.3 Å². The average molecular weight is 400 g/mol. The summed E-state index contributed by atoms with van der Waals surface area (Å²) < 4.78 is 32.6. The SMILES string of the molecule is O=C(Nc1ccccc1)C1CCN(S(=O)(=O)c2ccc(-c3ccn[nH]3)o2)CC1. The van der Waals surface area contributed by atoms with Crippen LogP contribution in [0.3, 0.4) is 0 Å². The highest BCUT2D eigenvalue weighted by Crippen LogP contribution is 2.28. The van der Waals surface area contributed by atoms with Gasteiger partial charge in [0, 0.05) is 30.9 Å². The van der Waals surface area contributed by atoms with Crippen LogP contribution >= 0.6 is 0 Å². The number of furan rings is 1. The highest BCUT2D eigenvalue weighted by molar-refractivity contribution is 7.89. The van der Waals surface area contributed by atoms with E-state index in [2.05, 4.69) is 15.5 Å². The number of aromatic nitrogens is 2. The van der Waals surface area contributed by atoms with Gasteiger partial charge in [-0.05, 0) is 43.2 Å². The fourth-order valence-electron chi connectivity index (χ4n) is 3.25. The fourth-order valence-corrected chi connectivity index (χ4v) is 4.63. The normalized spacial score (nSPS) is 16.1. The van der Waals surface area contributed by atoms with E-state index in [9.17, 15) is 13.2 Å². The van der Waals surface area contributed by atoms with E-state index in [1.807, 2.05) is 30.3 Å². The van der Waals surface area contributed by atoms with Gasteiger partial charge in [0.1, 0.15) is 5.69 Å². The molecular weight excluding hydrogens is 380 g/mol. The molecule has 0 saturated carbocycles. The molecule has 1 amide bonds. The third kappa shape index (κ3) is 3.71. The van der Waals surface area contributed by atoms with Crippen LogP contribution in [0.4, 0.5) is 5.69 Å². The van der Waals surface area contributed by atoms with Gasteiger partial charge in [0.2, 0.25) is 11.0 Å². The van der Waals surface area contributed by atoms with Crippen LogP contribution in [-0.4, -0.2) is 41.9 Å². The van der Waals surface area contributed by atoms with Crippen molar-refractivity contribution in [1.29, 1.82) is 0 Å². The quantitative estimate of drug-likeness (QED) is 0.685. The molecule has 1 fully saturated rings. The van der Waals surface area contributed by atoms with E-state index in [1.165, 1.54) is 10.4 Å². The molecule has 3 heterocycles. The molecule has 146 valence electrons. The summed E-state index contributed by atoms with van der Waals surface area (Å²) in [5, 5.41) is 9.35. The third-order valence-electron chi connectivity index (χ3n) is 4.81. The maximum atomic E-state index is 12.8. The van der Waals surface area contributed by atoms with Crippen LogP contribution in [0.1, 0.15) is 12.8 Å². The zero-order valence-corrected chi connectivity index (χ0v) is 15.9. The third-order valence-corrected chi connectivity index (χ3v) is 6.58. The molecule has 28 heavy (non-hydrogen) atoms. The summed E-state index contributed by atoms with van der Waals surface area (Å²) in [6, 6.07) is 14.0. The number of piperidine rings is 1. The standard InChI is InChI=1S/C19H20N4O4S/c24-19(21-15-4-2-1-3-5-15)14-9-12-23(13-10-14)28(25,26)18-7-6-17(27-18)16-8-11-20-22-16/h1-8,11,14H,9-10,12-13H2,(H,20,22)(H,21,24). The molecule has 1 saturated heterocycles. The van der Waals surface area contributed by atoms with Crippen LogP contribution in [0.25, 0.3) is 11.5 Å². The second-order valence-corrected chi connectivity index (χ2v) is 8.49. The summed E-state index contributed by atoms with van der Waals surface area (Å²) in [5.41, 5.74) is 1.35. The number of sulfonamides is 1. The Morgan fingerprint density at radius 1 is 1.11 bits per heavy atom.